The van der Waals surface area contributed by atoms with E-state index in [1.165, 1.54) is 10.4 Å². The minimum atomic E-state index is 0. The zero-order valence-electron chi connectivity index (χ0n) is 14.1. The van der Waals surface area contributed by atoms with Gasteiger partial charge >= 0.3 is 0 Å². The van der Waals surface area contributed by atoms with Gasteiger partial charge in [-0.1, -0.05) is 29.8 Å². The second-order valence-corrected chi connectivity index (χ2v) is 6.08. The normalized spacial score (nSPS) is 20.5. The molecule has 0 saturated carbocycles. The fraction of sp³-hybridized carbons (Fsp3) is 0.500. The van der Waals surface area contributed by atoms with Gasteiger partial charge in [-0.05, 0) is 26.0 Å². The van der Waals surface area contributed by atoms with Crippen molar-refractivity contribution in [2.45, 2.75) is 39.4 Å². The molecule has 0 spiro atoms. The molecule has 2 aromatic rings. The molecule has 3 rings (SSSR count). The molecule has 1 fully saturated rings. The number of carbonyl (C=O) groups is 1. The van der Waals surface area contributed by atoms with E-state index in [2.05, 4.69) is 34.6 Å². The zero-order valence-corrected chi connectivity index (χ0v) is 15.0. The van der Waals surface area contributed by atoms with Crippen molar-refractivity contribution >= 4 is 18.3 Å². The SMILES string of the molecule is Cc1ccc(-c2nnn(CC(=O)N3CCNC(C)C3C)n2)cc1.Cl. The molecule has 1 aromatic carbocycles. The van der Waals surface area contributed by atoms with Crippen LogP contribution in [0.1, 0.15) is 19.4 Å². The Hall–Kier alpha value is -1.99. The Kier molecular flexibility index (Phi) is 5.90. The quantitative estimate of drug-likeness (QED) is 0.902. The summed E-state index contributed by atoms with van der Waals surface area (Å²) in [6, 6.07) is 8.38. The van der Waals surface area contributed by atoms with Crippen LogP contribution < -0.4 is 5.32 Å². The van der Waals surface area contributed by atoms with Crippen LogP contribution >= 0.6 is 12.4 Å². The van der Waals surface area contributed by atoms with E-state index >= 15 is 0 Å². The number of nitrogens with one attached hydrogen (secondary N) is 1. The van der Waals surface area contributed by atoms with Gasteiger partial charge in [0.25, 0.3) is 0 Å². The van der Waals surface area contributed by atoms with Gasteiger partial charge < -0.3 is 10.2 Å². The number of hydrogen-bond acceptors (Lipinski definition) is 5. The summed E-state index contributed by atoms with van der Waals surface area (Å²) >= 11 is 0. The van der Waals surface area contributed by atoms with Crippen LogP contribution in [0.15, 0.2) is 24.3 Å². The van der Waals surface area contributed by atoms with E-state index in [4.69, 9.17) is 0 Å². The first-order chi connectivity index (χ1) is 11.0. The van der Waals surface area contributed by atoms with Crippen LogP contribution in [0.3, 0.4) is 0 Å². The van der Waals surface area contributed by atoms with Crippen LogP contribution in [0, 0.1) is 6.92 Å². The molecule has 0 radical (unpaired) electrons. The minimum Gasteiger partial charge on any atom is -0.335 e. The molecule has 24 heavy (non-hydrogen) atoms. The number of amides is 1. The summed E-state index contributed by atoms with van der Waals surface area (Å²) in [4.78, 5) is 15.7. The lowest BCUT2D eigenvalue weighted by Gasteiger charge is -2.38. The Morgan fingerprint density at radius 2 is 2.00 bits per heavy atom. The van der Waals surface area contributed by atoms with Gasteiger partial charge in [-0.15, -0.1) is 22.6 Å². The Labute approximate surface area is 147 Å². The summed E-state index contributed by atoms with van der Waals surface area (Å²) in [5, 5.41) is 15.7. The molecule has 2 heterocycles. The van der Waals surface area contributed by atoms with Crippen molar-refractivity contribution in [3.8, 4) is 11.4 Å². The predicted molar refractivity (Wildman–Crippen MR) is 93.9 cm³/mol. The number of hydrogen-bond donors (Lipinski definition) is 1. The van der Waals surface area contributed by atoms with Gasteiger partial charge in [-0.25, -0.2) is 0 Å². The molecule has 8 heteroatoms. The number of halogens is 1. The Bertz CT molecular complexity index is 686. The van der Waals surface area contributed by atoms with Gasteiger partial charge in [0.1, 0.15) is 6.54 Å². The van der Waals surface area contributed by atoms with Crippen LogP contribution in [0.25, 0.3) is 11.4 Å². The molecule has 7 nitrogen and oxygen atoms in total. The van der Waals surface area contributed by atoms with Gasteiger partial charge in [-0.3, -0.25) is 4.79 Å². The zero-order chi connectivity index (χ0) is 16.4. The van der Waals surface area contributed by atoms with Crippen molar-refractivity contribution in [1.82, 2.24) is 30.4 Å². The Morgan fingerprint density at radius 3 is 2.71 bits per heavy atom. The van der Waals surface area contributed by atoms with Crippen molar-refractivity contribution < 1.29 is 4.79 Å². The molecule has 1 aliphatic rings. The third kappa shape index (κ3) is 3.91. The van der Waals surface area contributed by atoms with Crippen molar-refractivity contribution in [2.75, 3.05) is 13.1 Å². The Balaban J connectivity index is 0.00000208. The van der Waals surface area contributed by atoms with E-state index in [0.29, 0.717) is 18.4 Å². The molecular formula is C16H23ClN6O. The lowest BCUT2D eigenvalue weighted by atomic mass is 10.1. The van der Waals surface area contributed by atoms with Gasteiger partial charge in [0.15, 0.2) is 0 Å². The smallest absolute Gasteiger partial charge is 0.246 e. The van der Waals surface area contributed by atoms with Gasteiger partial charge in [-0.2, -0.15) is 4.80 Å². The van der Waals surface area contributed by atoms with E-state index in [1.54, 1.807) is 0 Å². The average molecular weight is 351 g/mol. The molecule has 1 aromatic heterocycles. The molecule has 2 atom stereocenters. The summed E-state index contributed by atoms with van der Waals surface area (Å²) in [7, 11) is 0. The van der Waals surface area contributed by atoms with Crippen LogP contribution in [0.2, 0.25) is 0 Å². The number of tetrazole rings is 1. The highest BCUT2D eigenvalue weighted by atomic mass is 35.5. The van der Waals surface area contributed by atoms with E-state index in [-0.39, 0.29) is 30.9 Å². The summed E-state index contributed by atoms with van der Waals surface area (Å²) in [6.07, 6.45) is 0. The topological polar surface area (TPSA) is 75.9 Å². The summed E-state index contributed by atoms with van der Waals surface area (Å²) in [6.45, 7) is 7.83. The second kappa shape index (κ2) is 7.72. The number of piperazine rings is 1. The first kappa shape index (κ1) is 18.4. The third-order valence-corrected chi connectivity index (χ3v) is 4.39. The predicted octanol–water partition coefficient (Wildman–Crippen LogP) is 1.28. The van der Waals surface area contributed by atoms with Crippen LogP contribution in [-0.2, 0) is 11.3 Å². The molecule has 0 aliphatic carbocycles. The van der Waals surface area contributed by atoms with E-state index < -0.39 is 0 Å². The molecule has 1 amide bonds. The van der Waals surface area contributed by atoms with Gasteiger partial charge in [0.05, 0.1) is 0 Å². The minimum absolute atomic E-state index is 0. The van der Waals surface area contributed by atoms with Crippen molar-refractivity contribution in [1.29, 1.82) is 0 Å². The molecule has 0 bridgehead atoms. The summed E-state index contributed by atoms with van der Waals surface area (Å²) in [5.41, 5.74) is 2.08. The highest BCUT2D eigenvalue weighted by Gasteiger charge is 2.28. The molecule has 2 unspecified atom stereocenters. The van der Waals surface area contributed by atoms with Gasteiger partial charge in [0.2, 0.25) is 11.7 Å². The maximum atomic E-state index is 12.5. The largest absolute Gasteiger partial charge is 0.335 e. The molecule has 1 N–H and O–H groups in total. The van der Waals surface area contributed by atoms with Crippen LogP contribution in [0.5, 0.6) is 0 Å². The highest BCUT2D eigenvalue weighted by molar-refractivity contribution is 5.85. The van der Waals surface area contributed by atoms with Crippen molar-refractivity contribution in [2.24, 2.45) is 0 Å². The monoisotopic (exact) mass is 350 g/mol. The fourth-order valence-electron chi connectivity index (χ4n) is 2.75. The number of carbonyl (C=O) groups excluding carboxylic acids is 1. The Morgan fingerprint density at radius 1 is 1.29 bits per heavy atom. The molecular weight excluding hydrogens is 328 g/mol. The van der Waals surface area contributed by atoms with E-state index in [9.17, 15) is 4.79 Å². The second-order valence-electron chi connectivity index (χ2n) is 6.08. The number of benzene rings is 1. The summed E-state index contributed by atoms with van der Waals surface area (Å²) in [5.74, 6) is 0.568. The van der Waals surface area contributed by atoms with Crippen molar-refractivity contribution in [3.63, 3.8) is 0 Å². The first-order valence-electron chi connectivity index (χ1n) is 7.92. The fourth-order valence-corrected chi connectivity index (χ4v) is 2.75. The third-order valence-electron chi connectivity index (χ3n) is 4.39. The number of rotatable bonds is 3. The maximum absolute atomic E-state index is 12.5. The molecule has 130 valence electrons. The first-order valence-corrected chi connectivity index (χ1v) is 7.92. The standard InChI is InChI=1S/C16H22N6O.ClH/c1-11-4-6-14(7-5-11)16-18-20-22(19-16)10-15(23)21-9-8-17-12(2)13(21)3;/h4-7,12-13,17H,8-10H2,1-3H3;1H. The van der Waals surface area contributed by atoms with Crippen LogP contribution in [-0.4, -0.2) is 56.2 Å². The molecule has 1 aliphatic heterocycles. The number of aryl methyl sites for hydroxylation is 1. The van der Waals surface area contributed by atoms with Crippen molar-refractivity contribution in [3.05, 3.63) is 29.8 Å². The lowest BCUT2D eigenvalue weighted by molar-refractivity contribution is -0.136. The van der Waals surface area contributed by atoms with E-state index in [1.807, 2.05) is 36.1 Å². The highest BCUT2D eigenvalue weighted by Crippen LogP contribution is 2.14. The summed E-state index contributed by atoms with van der Waals surface area (Å²) < 4.78 is 0. The van der Waals surface area contributed by atoms with Gasteiger partial charge in [0, 0.05) is 30.7 Å². The average Bonchev–Trinajstić information content (AvgIpc) is 2.99. The van der Waals surface area contributed by atoms with Crippen LogP contribution in [0.4, 0.5) is 0 Å². The number of aromatic nitrogens is 4. The maximum Gasteiger partial charge on any atom is 0.246 e. The lowest BCUT2D eigenvalue weighted by Crippen LogP contribution is -2.57. The number of nitrogens with zero attached hydrogens (tertiary/aromatic N) is 5. The molecule has 1 saturated heterocycles. The van der Waals surface area contributed by atoms with E-state index in [0.717, 1.165) is 12.1 Å².